The van der Waals surface area contributed by atoms with E-state index in [2.05, 4.69) is 5.32 Å². The summed E-state index contributed by atoms with van der Waals surface area (Å²) in [5.74, 6) is 0.860. The van der Waals surface area contributed by atoms with Gasteiger partial charge < -0.3 is 14.8 Å². The third kappa shape index (κ3) is 5.91. The highest BCUT2D eigenvalue weighted by Gasteiger charge is 2.31. The minimum absolute atomic E-state index is 0.0879. The van der Waals surface area contributed by atoms with Crippen LogP contribution in [0, 0.1) is 0 Å². The largest absolute Gasteiger partial charge is 0.497 e. The summed E-state index contributed by atoms with van der Waals surface area (Å²) in [6.07, 6.45) is -0.0879. The Morgan fingerprint density at radius 3 is 2.24 bits per heavy atom. The van der Waals surface area contributed by atoms with Crippen LogP contribution >= 0.6 is 0 Å². The summed E-state index contributed by atoms with van der Waals surface area (Å²) in [5, 5.41) is 2.85. The van der Waals surface area contributed by atoms with Gasteiger partial charge in [-0.25, -0.2) is 8.42 Å². The highest BCUT2D eigenvalue weighted by molar-refractivity contribution is 7.89. The van der Waals surface area contributed by atoms with Gasteiger partial charge in [0.25, 0.3) is 0 Å². The van der Waals surface area contributed by atoms with Crippen molar-refractivity contribution in [3.8, 4) is 11.5 Å². The second kappa shape index (κ2) is 11.0. The van der Waals surface area contributed by atoms with Crippen LogP contribution in [0.1, 0.15) is 24.9 Å². The Labute approximate surface area is 195 Å². The zero-order valence-electron chi connectivity index (χ0n) is 18.9. The number of hydrogen-bond donors (Lipinski definition) is 1. The fourth-order valence-corrected chi connectivity index (χ4v) is 4.80. The molecule has 0 fully saturated rings. The molecule has 0 saturated carbocycles. The summed E-state index contributed by atoms with van der Waals surface area (Å²) in [4.78, 5) is 13.2. The minimum atomic E-state index is -3.84. The van der Waals surface area contributed by atoms with Gasteiger partial charge in [-0.2, -0.15) is 4.31 Å². The number of amides is 1. The molecular weight excluding hydrogens is 440 g/mol. The standard InChI is InChI=1S/C25H28N2O5S/c1-4-32-24-13-9-8-12-22(24)26-25(28)18-23(19-14-16-20(31-3)17-15-19)27(2)33(29,30)21-10-6-5-7-11-21/h5-17,23H,4,18H2,1-3H3,(H,26,28)/t23-/m0/s1. The van der Waals surface area contributed by atoms with Crippen molar-refractivity contribution in [2.75, 3.05) is 26.1 Å². The molecule has 174 valence electrons. The number of benzene rings is 3. The fraction of sp³-hybridized carbons (Fsp3) is 0.240. The van der Waals surface area contributed by atoms with E-state index in [0.29, 0.717) is 29.4 Å². The molecule has 1 atom stereocenters. The van der Waals surface area contributed by atoms with Crippen LogP contribution in [0.3, 0.4) is 0 Å². The first-order valence-corrected chi connectivity index (χ1v) is 12.0. The topological polar surface area (TPSA) is 84.9 Å². The number of hydrogen-bond acceptors (Lipinski definition) is 5. The molecule has 8 heteroatoms. The van der Waals surface area contributed by atoms with E-state index >= 15 is 0 Å². The molecule has 0 radical (unpaired) electrons. The van der Waals surface area contributed by atoms with Crippen molar-refractivity contribution in [1.82, 2.24) is 4.31 Å². The summed E-state index contributed by atoms with van der Waals surface area (Å²) >= 11 is 0. The maximum absolute atomic E-state index is 13.3. The van der Waals surface area contributed by atoms with Gasteiger partial charge in [-0.1, -0.05) is 42.5 Å². The molecule has 0 bridgehead atoms. The van der Waals surface area contributed by atoms with E-state index in [0.717, 1.165) is 0 Å². The Balaban J connectivity index is 1.91. The molecule has 33 heavy (non-hydrogen) atoms. The average molecular weight is 469 g/mol. The molecule has 0 saturated heterocycles. The van der Waals surface area contributed by atoms with Crippen molar-refractivity contribution in [1.29, 1.82) is 0 Å². The maximum atomic E-state index is 13.3. The Hall–Kier alpha value is -3.36. The van der Waals surface area contributed by atoms with Crippen LogP contribution in [0.2, 0.25) is 0 Å². The van der Waals surface area contributed by atoms with Crippen molar-refractivity contribution < 1.29 is 22.7 Å². The van der Waals surface area contributed by atoms with Crippen molar-refractivity contribution >= 4 is 21.6 Å². The van der Waals surface area contributed by atoms with E-state index < -0.39 is 16.1 Å². The molecule has 0 aromatic heterocycles. The summed E-state index contributed by atoms with van der Waals surface area (Å²) in [6, 6.07) is 21.6. The van der Waals surface area contributed by atoms with E-state index in [1.165, 1.54) is 23.5 Å². The van der Waals surface area contributed by atoms with Crippen LogP contribution in [0.15, 0.2) is 83.8 Å². The van der Waals surface area contributed by atoms with Crippen molar-refractivity contribution in [2.24, 2.45) is 0 Å². The molecule has 0 aliphatic carbocycles. The van der Waals surface area contributed by atoms with Gasteiger partial charge in [0.05, 0.1) is 30.3 Å². The monoisotopic (exact) mass is 468 g/mol. The first-order chi connectivity index (χ1) is 15.9. The fourth-order valence-electron chi connectivity index (χ4n) is 3.44. The predicted molar refractivity (Wildman–Crippen MR) is 128 cm³/mol. The number of anilines is 1. The van der Waals surface area contributed by atoms with Gasteiger partial charge in [0.1, 0.15) is 11.5 Å². The Kier molecular flexibility index (Phi) is 8.08. The quantitative estimate of drug-likeness (QED) is 0.474. The number of ether oxygens (including phenoxy) is 2. The van der Waals surface area contributed by atoms with Crippen molar-refractivity contribution in [3.63, 3.8) is 0 Å². The first kappa shape index (κ1) is 24.3. The Bertz CT molecular complexity index is 1160. The maximum Gasteiger partial charge on any atom is 0.243 e. The zero-order valence-corrected chi connectivity index (χ0v) is 19.7. The van der Waals surface area contributed by atoms with E-state index in [1.54, 1.807) is 67.8 Å². The second-order valence-electron chi connectivity index (χ2n) is 7.30. The van der Waals surface area contributed by atoms with Gasteiger partial charge in [0, 0.05) is 13.5 Å². The molecule has 3 aromatic rings. The predicted octanol–water partition coefficient (Wildman–Crippen LogP) is 4.48. The molecule has 1 N–H and O–H groups in total. The third-order valence-corrected chi connectivity index (χ3v) is 7.08. The molecule has 3 rings (SSSR count). The smallest absolute Gasteiger partial charge is 0.243 e. The number of nitrogens with one attached hydrogen (secondary N) is 1. The third-order valence-electron chi connectivity index (χ3n) is 5.20. The average Bonchev–Trinajstić information content (AvgIpc) is 2.84. The number of nitrogens with zero attached hydrogens (tertiary/aromatic N) is 1. The normalized spacial score (nSPS) is 12.2. The van der Waals surface area contributed by atoms with Crippen LogP contribution in [0.5, 0.6) is 11.5 Å². The van der Waals surface area contributed by atoms with Gasteiger partial charge >= 0.3 is 0 Å². The Morgan fingerprint density at radius 2 is 1.61 bits per heavy atom. The summed E-state index contributed by atoms with van der Waals surface area (Å²) < 4.78 is 38.6. The van der Waals surface area contributed by atoms with Crippen molar-refractivity contribution in [3.05, 3.63) is 84.4 Å². The lowest BCUT2D eigenvalue weighted by Gasteiger charge is -2.28. The molecule has 0 heterocycles. The molecule has 0 aliphatic rings. The van der Waals surface area contributed by atoms with Crippen LogP contribution in [-0.2, 0) is 14.8 Å². The molecular formula is C25H28N2O5S. The van der Waals surface area contributed by atoms with E-state index in [4.69, 9.17) is 9.47 Å². The van der Waals surface area contributed by atoms with E-state index in [1.807, 2.05) is 13.0 Å². The summed E-state index contributed by atoms with van der Waals surface area (Å²) in [6.45, 7) is 2.32. The molecule has 0 unspecified atom stereocenters. The molecule has 7 nitrogen and oxygen atoms in total. The SMILES string of the molecule is CCOc1ccccc1NC(=O)C[C@@H](c1ccc(OC)cc1)N(C)S(=O)(=O)c1ccccc1. The van der Waals surface area contributed by atoms with Gasteiger partial charge in [0.2, 0.25) is 15.9 Å². The number of rotatable bonds is 10. The highest BCUT2D eigenvalue weighted by Crippen LogP contribution is 2.31. The Morgan fingerprint density at radius 1 is 0.970 bits per heavy atom. The van der Waals surface area contributed by atoms with E-state index in [9.17, 15) is 13.2 Å². The van der Waals surface area contributed by atoms with E-state index in [-0.39, 0.29) is 17.2 Å². The molecule has 0 aliphatic heterocycles. The molecule has 0 spiro atoms. The zero-order chi connectivity index (χ0) is 23.8. The molecule has 1 amide bonds. The van der Waals surface area contributed by atoms with Crippen LogP contribution < -0.4 is 14.8 Å². The van der Waals surface area contributed by atoms with Gasteiger partial charge in [-0.15, -0.1) is 0 Å². The second-order valence-corrected chi connectivity index (χ2v) is 9.30. The van der Waals surface area contributed by atoms with Gasteiger partial charge in [-0.3, -0.25) is 4.79 Å². The minimum Gasteiger partial charge on any atom is -0.497 e. The van der Waals surface area contributed by atoms with Crippen LogP contribution in [-0.4, -0.2) is 39.4 Å². The lowest BCUT2D eigenvalue weighted by molar-refractivity contribution is -0.117. The number of sulfonamides is 1. The summed E-state index contributed by atoms with van der Waals surface area (Å²) in [5.41, 5.74) is 1.21. The lowest BCUT2D eigenvalue weighted by atomic mass is 10.0. The first-order valence-electron chi connectivity index (χ1n) is 10.6. The number of para-hydroxylation sites is 2. The van der Waals surface area contributed by atoms with Gasteiger partial charge in [0.15, 0.2) is 0 Å². The number of methoxy groups -OCH3 is 1. The summed E-state index contributed by atoms with van der Waals surface area (Å²) in [7, 11) is -0.798. The van der Waals surface area contributed by atoms with Gasteiger partial charge in [-0.05, 0) is 48.9 Å². The molecule has 3 aromatic carbocycles. The number of carbonyl (C=O) groups is 1. The van der Waals surface area contributed by atoms with Crippen LogP contribution in [0.25, 0.3) is 0 Å². The lowest BCUT2D eigenvalue weighted by Crippen LogP contribution is -2.33. The van der Waals surface area contributed by atoms with Crippen molar-refractivity contribution in [2.45, 2.75) is 24.3 Å². The van der Waals surface area contributed by atoms with Crippen LogP contribution in [0.4, 0.5) is 5.69 Å². The highest BCUT2D eigenvalue weighted by atomic mass is 32.2. The number of carbonyl (C=O) groups excluding carboxylic acids is 1.